The van der Waals surface area contributed by atoms with Crippen LogP contribution in [0.25, 0.3) is 0 Å². The lowest BCUT2D eigenvalue weighted by Gasteiger charge is -2.26. The van der Waals surface area contributed by atoms with Crippen LogP contribution in [0.5, 0.6) is 0 Å². The summed E-state index contributed by atoms with van der Waals surface area (Å²) in [5, 5.41) is 3.30. The topological polar surface area (TPSA) is 15.3 Å². The van der Waals surface area contributed by atoms with Gasteiger partial charge < -0.3 is 10.2 Å². The van der Waals surface area contributed by atoms with Gasteiger partial charge in [-0.2, -0.15) is 0 Å². The molecule has 0 radical (unpaired) electrons. The van der Waals surface area contributed by atoms with Crippen molar-refractivity contribution < 1.29 is 4.39 Å². The number of nitrogens with one attached hydrogen (secondary N) is 1. The molecule has 1 N–H and O–H groups in total. The minimum atomic E-state index is -0.157. The van der Waals surface area contributed by atoms with E-state index in [0.29, 0.717) is 6.04 Å². The van der Waals surface area contributed by atoms with Crippen LogP contribution in [0, 0.1) is 5.82 Å². The molecular weight excluding hydrogens is 227 g/mol. The fraction of sp³-hybridized carbons (Fsp3) is 0.600. The normalized spacial score (nSPS) is 12.5. The predicted octanol–water partition coefficient (Wildman–Crippen LogP) is 3.56. The van der Waals surface area contributed by atoms with Crippen LogP contribution < -0.4 is 10.2 Å². The second-order valence-electron chi connectivity index (χ2n) is 4.86. The first-order chi connectivity index (χ1) is 8.58. The van der Waals surface area contributed by atoms with Gasteiger partial charge in [0.2, 0.25) is 0 Å². The van der Waals surface area contributed by atoms with Crippen LogP contribution in [0.1, 0.15) is 39.2 Å². The zero-order valence-corrected chi connectivity index (χ0v) is 12.0. The molecule has 2 nitrogen and oxygen atoms in total. The molecule has 0 aliphatic carbocycles. The van der Waals surface area contributed by atoms with Gasteiger partial charge in [0.05, 0.1) is 0 Å². The average molecular weight is 252 g/mol. The van der Waals surface area contributed by atoms with Gasteiger partial charge in [-0.3, -0.25) is 0 Å². The van der Waals surface area contributed by atoms with E-state index in [-0.39, 0.29) is 5.82 Å². The van der Waals surface area contributed by atoms with Crippen molar-refractivity contribution in [1.29, 1.82) is 0 Å². The van der Waals surface area contributed by atoms with Gasteiger partial charge >= 0.3 is 0 Å². The van der Waals surface area contributed by atoms with E-state index in [2.05, 4.69) is 37.1 Å². The Morgan fingerprint density at radius 2 is 2.00 bits per heavy atom. The summed E-state index contributed by atoms with van der Waals surface area (Å²) in [5.74, 6) is -0.157. The molecule has 0 saturated heterocycles. The molecule has 1 rings (SSSR count). The largest absolute Gasteiger partial charge is 0.372 e. The van der Waals surface area contributed by atoms with Crippen molar-refractivity contribution in [3.63, 3.8) is 0 Å². The van der Waals surface area contributed by atoms with Gasteiger partial charge in [-0.25, -0.2) is 4.39 Å². The Morgan fingerprint density at radius 1 is 1.28 bits per heavy atom. The maximum atomic E-state index is 13.6. The fourth-order valence-corrected chi connectivity index (χ4v) is 1.88. The standard InChI is InChI=1S/C15H25FN2/c1-5-7-17-11-13-8-14(16)10-15(9-13)18(4)12(3)6-2/h8-10,12,17H,5-7,11H2,1-4H3. The molecule has 1 atom stereocenters. The van der Waals surface area contributed by atoms with Crippen LogP contribution in [-0.2, 0) is 6.54 Å². The van der Waals surface area contributed by atoms with Gasteiger partial charge in [0.1, 0.15) is 5.82 Å². The fourth-order valence-electron chi connectivity index (χ4n) is 1.88. The van der Waals surface area contributed by atoms with Crippen molar-refractivity contribution >= 4 is 5.69 Å². The summed E-state index contributed by atoms with van der Waals surface area (Å²) in [4.78, 5) is 2.13. The second kappa shape index (κ2) is 7.37. The van der Waals surface area contributed by atoms with Crippen molar-refractivity contribution in [2.24, 2.45) is 0 Å². The highest BCUT2D eigenvalue weighted by molar-refractivity contribution is 5.49. The molecule has 0 aromatic heterocycles. The smallest absolute Gasteiger partial charge is 0.125 e. The molecule has 0 spiro atoms. The Balaban J connectivity index is 2.79. The summed E-state index contributed by atoms with van der Waals surface area (Å²) in [6.45, 7) is 8.12. The van der Waals surface area contributed by atoms with Crippen LogP contribution in [0.4, 0.5) is 10.1 Å². The van der Waals surface area contributed by atoms with Crippen molar-refractivity contribution in [1.82, 2.24) is 5.32 Å². The maximum absolute atomic E-state index is 13.6. The number of halogens is 1. The van der Waals surface area contributed by atoms with Crippen molar-refractivity contribution in [2.45, 2.75) is 46.2 Å². The third-order valence-corrected chi connectivity index (χ3v) is 3.36. The summed E-state index contributed by atoms with van der Waals surface area (Å²) in [7, 11) is 2.02. The van der Waals surface area contributed by atoms with Gasteiger partial charge in [-0.15, -0.1) is 0 Å². The van der Waals surface area contributed by atoms with Gasteiger partial charge in [0.25, 0.3) is 0 Å². The Bertz CT molecular complexity index is 366. The van der Waals surface area contributed by atoms with Crippen LogP contribution in [0.2, 0.25) is 0 Å². The monoisotopic (exact) mass is 252 g/mol. The number of rotatable bonds is 7. The van der Waals surface area contributed by atoms with E-state index in [1.165, 1.54) is 0 Å². The van der Waals surface area contributed by atoms with Crippen LogP contribution >= 0.6 is 0 Å². The van der Waals surface area contributed by atoms with Crippen molar-refractivity contribution in [3.8, 4) is 0 Å². The molecule has 0 aliphatic rings. The first-order valence-corrected chi connectivity index (χ1v) is 6.81. The van der Waals surface area contributed by atoms with Gasteiger partial charge in [0, 0.05) is 25.3 Å². The Morgan fingerprint density at radius 3 is 2.61 bits per heavy atom. The highest BCUT2D eigenvalue weighted by Crippen LogP contribution is 2.20. The van der Waals surface area contributed by atoms with E-state index >= 15 is 0 Å². The molecule has 0 fully saturated rings. The third-order valence-electron chi connectivity index (χ3n) is 3.36. The van der Waals surface area contributed by atoms with E-state index < -0.39 is 0 Å². The molecule has 1 aromatic rings. The summed E-state index contributed by atoms with van der Waals surface area (Å²) in [6.07, 6.45) is 2.14. The second-order valence-corrected chi connectivity index (χ2v) is 4.86. The Hall–Kier alpha value is -1.09. The number of anilines is 1. The first-order valence-electron chi connectivity index (χ1n) is 6.81. The van der Waals surface area contributed by atoms with E-state index in [4.69, 9.17) is 0 Å². The SMILES string of the molecule is CCCNCc1cc(F)cc(N(C)C(C)CC)c1. The van der Waals surface area contributed by atoms with Crippen molar-refractivity contribution in [3.05, 3.63) is 29.6 Å². The molecule has 0 bridgehead atoms. The molecule has 1 aromatic carbocycles. The average Bonchev–Trinajstić information content (AvgIpc) is 2.36. The molecule has 0 aliphatic heterocycles. The molecule has 3 heteroatoms. The van der Waals surface area contributed by atoms with E-state index in [9.17, 15) is 4.39 Å². The highest BCUT2D eigenvalue weighted by atomic mass is 19.1. The zero-order chi connectivity index (χ0) is 13.5. The minimum absolute atomic E-state index is 0.157. The van der Waals surface area contributed by atoms with Gasteiger partial charge in [-0.1, -0.05) is 13.8 Å². The number of hydrogen-bond donors (Lipinski definition) is 1. The predicted molar refractivity (Wildman–Crippen MR) is 76.6 cm³/mol. The molecule has 1 unspecified atom stereocenters. The minimum Gasteiger partial charge on any atom is -0.372 e. The van der Waals surface area contributed by atoms with Gasteiger partial charge in [0.15, 0.2) is 0 Å². The van der Waals surface area contributed by atoms with Crippen LogP contribution in [0.3, 0.4) is 0 Å². The lowest BCUT2D eigenvalue weighted by atomic mass is 10.1. The highest BCUT2D eigenvalue weighted by Gasteiger charge is 2.10. The molecule has 0 heterocycles. The number of hydrogen-bond acceptors (Lipinski definition) is 2. The Labute approximate surface area is 110 Å². The lowest BCUT2D eigenvalue weighted by molar-refractivity contribution is 0.613. The number of benzene rings is 1. The first kappa shape index (κ1) is 15.0. The van der Waals surface area contributed by atoms with E-state index in [1.54, 1.807) is 12.1 Å². The van der Waals surface area contributed by atoms with Gasteiger partial charge in [-0.05, 0) is 50.1 Å². The molecular formula is C15H25FN2. The molecule has 0 saturated carbocycles. The van der Waals surface area contributed by atoms with E-state index in [1.807, 2.05) is 7.05 Å². The number of nitrogens with zero attached hydrogens (tertiary/aromatic N) is 1. The quantitative estimate of drug-likeness (QED) is 0.746. The van der Waals surface area contributed by atoms with Crippen molar-refractivity contribution in [2.75, 3.05) is 18.5 Å². The summed E-state index contributed by atoms with van der Waals surface area (Å²) >= 11 is 0. The molecule has 102 valence electrons. The maximum Gasteiger partial charge on any atom is 0.125 e. The third kappa shape index (κ3) is 4.30. The molecule has 0 amide bonds. The lowest BCUT2D eigenvalue weighted by Crippen LogP contribution is -2.28. The zero-order valence-electron chi connectivity index (χ0n) is 12.0. The van der Waals surface area contributed by atoms with Crippen LogP contribution in [-0.4, -0.2) is 19.6 Å². The summed E-state index contributed by atoms with van der Waals surface area (Å²) in [6, 6.07) is 5.70. The summed E-state index contributed by atoms with van der Waals surface area (Å²) < 4.78 is 13.6. The Kier molecular flexibility index (Phi) is 6.13. The van der Waals surface area contributed by atoms with Crippen LogP contribution in [0.15, 0.2) is 18.2 Å². The summed E-state index contributed by atoms with van der Waals surface area (Å²) in [5.41, 5.74) is 1.96. The molecule has 18 heavy (non-hydrogen) atoms. The van der Waals surface area contributed by atoms with E-state index in [0.717, 1.165) is 37.2 Å².